The van der Waals surface area contributed by atoms with Crippen molar-refractivity contribution in [2.75, 3.05) is 13.2 Å². The second-order valence-electron chi connectivity index (χ2n) is 2.37. The first kappa shape index (κ1) is 10.4. The highest BCUT2D eigenvalue weighted by molar-refractivity contribution is 9.10. The summed E-state index contributed by atoms with van der Waals surface area (Å²) < 4.78 is 11.5. The molecule has 2 nitrogen and oxygen atoms in total. The van der Waals surface area contributed by atoms with Crippen LogP contribution in [0.2, 0.25) is 0 Å². The van der Waals surface area contributed by atoms with Gasteiger partial charge in [0.25, 0.3) is 0 Å². The van der Waals surface area contributed by atoms with E-state index in [1.54, 1.807) is 0 Å². The van der Waals surface area contributed by atoms with E-state index in [4.69, 9.17) is 9.47 Å². The van der Waals surface area contributed by atoms with Gasteiger partial charge in [-0.1, -0.05) is 0 Å². The molecule has 0 fully saturated rings. The van der Waals surface area contributed by atoms with Crippen molar-refractivity contribution in [1.29, 1.82) is 0 Å². The van der Waals surface area contributed by atoms with E-state index in [0.29, 0.717) is 24.7 Å². The molecule has 0 atom stereocenters. The van der Waals surface area contributed by atoms with Gasteiger partial charge in [0.2, 0.25) is 0 Å². The van der Waals surface area contributed by atoms with Gasteiger partial charge in [-0.05, 0) is 41.9 Å². The normalized spacial score (nSPS) is 9.77. The Morgan fingerprint density at radius 1 is 1.23 bits per heavy atom. The molecular formula is C10H12BrO2. The first-order valence-corrected chi connectivity index (χ1v) is 5.04. The first-order valence-electron chi connectivity index (χ1n) is 4.25. The van der Waals surface area contributed by atoms with Gasteiger partial charge in [0.05, 0.1) is 23.8 Å². The van der Waals surface area contributed by atoms with Gasteiger partial charge in [0.15, 0.2) is 0 Å². The summed E-state index contributed by atoms with van der Waals surface area (Å²) >= 11 is 3.37. The average Bonchev–Trinajstić information content (AvgIpc) is 2.12. The van der Waals surface area contributed by atoms with Gasteiger partial charge in [-0.15, -0.1) is 0 Å². The Morgan fingerprint density at radius 2 is 1.92 bits per heavy atom. The van der Waals surface area contributed by atoms with E-state index < -0.39 is 0 Å². The highest BCUT2D eigenvalue weighted by Gasteiger charge is 2.02. The molecular weight excluding hydrogens is 232 g/mol. The predicted molar refractivity (Wildman–Crippen MR) is 55.3 cm³/mol. The zero-order chi connectivity index (χ0) is 9.68. The average molecular weight is 244 g/mol. The lowest BCUT2D eigenvalue weighted by molar-refractivity contribution is 0.320. The monoisotopic (exact) mass is 243 g/mol. The molecule has 0 saturated carbocycles. The summed E-state index contributed by atoms with van der Waals surface area (Å²) in [6.45, 7) is 5.15. The molecule has 0 aromatic heterocycles. The van der Waals surface area contributed by atoms with Crippen molar-refractivity contribution in [1.82, 2.24) is 0 Å². The Labute approximate surface area is 87.0 Å². The molecule has 1 aromatic rings. The summed E-state index contributed by atoms with van der Waals surface area (Å²) in [5, 5.41) is 0. The number of rotatable bonds is 4. The first-order chi connectivity index (χ1) is 6.27. The van der Waals surface area contributed by atoms with E-state index in [9.17, 15) is 0 Å². The third kappa shape index (κ3) is 2.92. The van der Waals surface area contributed by atoms with Gasteiger partial charge in [0, 0.05) is 0 Å². The van der Waals surface area contributed by atoms with E-state index in [-0.39, 0.29) is 0 Å². The SMILES string of the molecule is CCOc1[c]c(OCC)c(Br)cc1. The van der Waals surface area contributed by atoms with Crippen LogP contribution in [0.25, 0.3) is 0 Å². The molecule has 1 aromatic carbocycles. The summed E-state index contributed by atoms with van der Waals surface area (Å²) in [6, 6.07) is 6.78. The van der Waals surface area contributed by atoms with E-state index >= 15 is 0 Å². The third-order valence-corrected chi connectivity index (χ3v) is 2.05. The lowest BCUT2D eigenvalue weighted by atomic mass is 10.3. The Balaban J connectivity index is 2.83. The maximum Gasteiger partial charge on any atom is 0.145 e. The van der Waals surface area contributed by atoms with Crippen molar-refractivity contribution in [3.63, 3.8) is 0 Å². The molecule has 0 amide bonds. The molecule has 0 spiro atoms. The maximum absolute atomic E-state index is 5.34. The minimum Gasteiger partial charge on any atom is -0.493 e. The van der Waals surface area contributed by atoms with Gasteiger partial charge in [-0.2, -0.15) is 0 Å². The second-order valence-corrected chi connectivity index (χ2v) is 3.22. The highest BCUT2D eigenvalue weighted by atomic mass is 79.9. The summed E-state index contributed by atoms with van der Waals surface area (Å²) in [4.78, 5) is 0. The van der Waals surface area contributed by atoms with E-state index in [2.05, 4.69) is 22.0 Å². The quantitative estimate of drug-likeness (QED) is 0.810. The topological polar surface area (TPSA) is 18.5 Å². The fourth-order valence-corrected chi connectivity index (χ4v) is 1.27. The van der Waals surface area contributed by atoms with Crippen molar-refractivity contribution in [2.24, 2.45) is 0 Å². The standard InChI is InChI=1S/C10H12BrO2/c1-3-12-8-5-6-9(11)10(7-8)13-4-2/h5-6H,3-4H2,1-2H3. The number of ether oxygens (including phenoxy) is 2. The molecule has 0 aliphatic rings. The molecule has 0 saturated heterocycles. The molecule has 0 bridgehead atoms. The molecule has 1 rings (SSSR count). The van der Waals surface area contributed by atoms with Gasteiger partial charge < -0.3 is 9.47 Å². The fraction of sp³-hybridized carbons (Fsp3) is 0.400. The maximum atomic E-state index is 5.34. The molecule has 0 aliphatic carbocycles. The summed E-state index contributed by atoms with van der Waals surface area (Å²) in [7, 11) is 0. The fourth-order valence-electron chi connectivity index (χ4n) is 0.927. The molecule has 71 valence electrons. The van der Waals surface area contributed by atoms with Crippen LogP contribution in [0.3, 0.4) is 0 Å². The molecule has 0 heterocycles. The van der Waals surface area contributed by atoms with Crippen LogP contribution in [-0.2, 0) is 0 Å². The van der Waals surface area contributed by atoms with Crippen LogP contribution in [0.4, 0.5) is 0 Å². The number of hydrogen-bond acceptors (Lipinski definition) is 2. The van der Waals surface area contributed by atoms with Gasteiger partial charge in [0.1, 0.15) is 11.5 Å². The number of benzene rings is 1. The second kappa shape index (κ2) is 5.12. The van der Waals surface area contributed by atoms with Crippen LogP contribution in [-0.4, -0.2) is 13.2 Å². The Bertz CT molecular complexity index is 274. The van der Waals surface area contributed by atoms with Crippen molar-refractivity contribution >= 4 is 15.9 Å². The van der Waals surface area contributed by atoms with Crippen molar-refractivity contribution in [3.05, 3.63) is 22.7 Å². The van der Waals surface area contributed by atoms with Crippen LogP contribution >= 0.6 is 15.9 Å². The Kier molecular flexibility index (Phi) is 4.09. The van der Waals surface area contributed by atoms with Gasteiger partial charge >= 0.3 is 0 Å². The van der Waals surface area contributed by atoms with Crippen LogP contribution in [0, 0.1) is 6.07 Å². The van der Waals surface area contributed by atoms with Crippen molar-refractivity contribution < 1.29 is 9.47 Å². The van der Waals surface area contributed by atoms with Crippen molar-refractivity contribution in [2.45, 2.75) is 13.8 Å². The van der Waals surface area contributed by atoms with E-state index in [1.807, 2.05) is 26.0 Å². The molecule has 0 unspecified atom stereocenters. The van der Waals surface area contributed by atoms with Crippen LogP contribution in [0.1, 0.15) is 13.8 Å². The number of hydrogen-bond donors (Lipinski definition) is 0. The lowest BCUT2D eigenvalue weighted by Gasteiger charge is -2.07. The van der Waals surface area contributed by atoms with Gasteiger partial charge in [-0.3, -0.25) is 0 Å². The Morgan fingerprint density at radius 3 is 2.54 bits per heavy atom. The van der Waals surface area contributed by atoms with Crippen LogP contribution < -0.4 is 9.47 Å². The predicted octanol–water partition coefficient (Wildman–Crippen LogP) is 3.05. The zero-order valence-electron chi connectivity index (χ0n) is 7.76. The molecule has 1 radical (unpaired) electrons. The number of halogens is 1. The highest BCUT2D eigenvalue weighted by Crippen LogP contribution is 2.28. The summed E-state index contributed by atoms with van der Waals surface area (Å²) in [5.74, 6) is 1.42. The molecule has 0 aliphatic heterocycles. The zero-order valence-corrected chi connectivity index (χ0v) is 9.35. The summed E-state index contributed by atoms with van der Waals surface area (Å²) in [5.41, 5.74) is 0. The minimum absolute atomic E-state index is 0.630. The largest absolute Gasteiger partial charge is 0.493 e. The summed E-state index contributed by atoms with van der Waals surface area (Å²) in [6.07, 6.45) is 0. The Hall–Kier alpha value is -0.700. The van der Waals surface area contributed by atoms with Crippen LogP contribution in [0.5, 0.6) is 11.5 Å². The molecule has 13 heavy (non-hydrogen) atoms. The molecule has 0 N–H and O–H groups in total. The smallest absolute Gasteiger partial charge is 0.145 e. The van der Waals surface area contributed by atoms with E-state index in [0.717, 1.165) is 4.47 Å². The lowest BCUT2D eigenvalue weighted by Crippen LogP contribution is -1.95. The minimum atomic E-state index is 0.630. The van der Waals surface area contributed by atoms with Gasteiger partial charge in [-0.25, -0.2) is 0 Å². The van der Waals surface area contributed by atoms with Crippen molar-refractivity contribution in [3.8, 4) is 11.5 Å². The van der Waals surface area contributed by atoms with Crippen LogP contribution in [0.15, 0.2) is 16.6 Å². The molecule has 3 heteroatoms. The third-order valence-electron chi connectivity index (χ3n) is 1.42. The van der Waals surface area contributed by atoms with E-state index in [1.165, 1.54) is 0 Å².